The van der Waals surface area contributed by atoms with Crippen LogP contribution < -0.4 is 10.1 Å². The van der Waals surface area contributed by atoms with Crippen LogP contribution in [0.4, 0.5) is 0 Å². The maximum Gasteiger partial charge on any atom is 0.234 e. The van der Waals surface area contributed by atoms with Crippen molar-refractivity contribution < 1.29 is 9.53 Å². The largest absolute Gasteiger partial charge is 0.497 e. The Kier molecular flexibility index (Phi) is 3.41. The molecule has 16 heavy (non-hydrogen) atoms. The molecule has 0 spiro atoms. The second kappa shape index (κ2) is 4.99. The van der Waals surface area contributed by atoms with Crippen molar-refractivity contribution in [2.24, 2.45) is 0 Å². The third-order valence-corrected chi connectivity index (χ3v) is 2.66. The first-order valence-electron chi connectivity index (χ1n) is 5.40. The first kappa shape index (κ1) is 11.0. The summed E-state index contributed by atoms with van der Waals surface area (Å²) in [4.78, 5) is 13.3. The van der Waals surface area contributed by atoms with Gasteiger partial charge in [0.1, 0.15) is 5.75 Å². The molecule has 0 saturated carbocycles. The topological polar surface area (TPSA) is 41.6 Å². The number of amides is 1. The maximum absolute atomic E-state index is 11.2. The summed E-state index contributed by atoms with van der Waals surface area (Å²) in [5.74, 6) is 0.966. The highest BCUT2D eigenvalue weighted by Gasteiger charge is 2.15. The molecule has 1 amide bonds. The molecule has 0 atom stereocenters. The smallest absolute Gasteiger partial charge is 0.234 e. The third-order valence-electron chi connectivity index (χ3n) is 2.66. The molecule has 1 aromatic rings. The molecule has 1 aliphatic heterocycles. The number of ether oxygens (including phenoxy) is 1. The van der Waals surface area contributed by atoms with E-state index in [1.807, 2.05) is 18.2 Å². The van der Waals surface area contributed by atoms with Crippen LogP contribution in [0.3, 0.4) is 0 Å². The number of benzene rings is 1. The van der Waals surface area contributed by atoms with Crippen molar-refractivity contribution in [2.75, 3.05) is 26.7 Å². The molecule has 2 rings (SSSR count). The molecule has 0 aliphatic carbocycles. The van der Waals surface area contributed by atoms with E-state index in [9.17, 15) is 4.79 Å². The zero-order valence-electron chi connectivity index (χ0n) is 9.40. The van der Waals surface area contributed by atoms with Gasteiger partial charge in [-0.1, -0.05) is 12.1 Å². The third kappa shape index (κ3) is 2.73. The molecule has 1 fully saturated rings. The quantitative estimate of drug-likeness (QED) is 0.812. The minimum atomic E-state index is 0.106. The first-order valence-corrected chi connectivity index (χ1v) is 5.40. The van der Waals surface area contributed by atoms with Gasteiger partial charge in [-0.25, -0.2) is 0 Å². The molecule has 0 unspecified atom stereocenters. The predicted octanol–water partition coefficient (Wildman–Crippen LogP) is 0.627. The summed E-state index contributed by atoms with van der Waals surface area (Å²) in [5.41, 5.74) is 1.18. The Morgan fingerprint density at radius 3 is 3.12 bits per heavy atom. The Balaban J connectivity index is 1.99. The number of piperazine rings is 1. The van der Waals surface area contributed by atoms with E-state index in [4.69, 9.17) is 4.74 Å². The highest BCUT2D eigenvalue weighted by Crippen LogP contribution is 2.14. The molecular weight excluding hydrogens is 204 g/mol. The van der Waals surface area contributed by atoms with Gasteiger partial charge in [0.25, 0.3) is 0 Å². The molecule has 0 bridgehead atoms. The van der Waals surface area contributed by atoms with Gasteiger partial charge in [0.2, 0.25) is 5.91 Å². The van der Waals surface area contributed by atoms with Crippen LogP contribution in [0, 0.1) is 0 Å². The van der Waals surface area contributed by atoms with Crippen LogP contribution in [-0.4, -0.2) is 37.6 Å². The van der Waals surface area contributed by atoms with Crippen molar-refractivity contribution in [1.82, 2.24) is 10.2 Å². The summed E-state index contributed by atoms with van der Waals surface area (Å²) in [6, 6.07) is 7.95. The Hall–Kier alpha value is -1.55. The van der Waals surface area contributed by atoms with E-state index in [2.05, 4.69) is 16.3 Å². The van der Waals surface area contributed by atoms with Gasteiger partial charge in [-0.05, 0) is 17.7 Å². The van der Waals surface area contributed by atoms with Gasteiger partial charge in [0, 0.05) is 19.6 Å². The van der Waals surface area contributed by atoms with Crippen LogP contribution in [0.2, 0.25) is 0 Å². The molecule has 86 valence electrons. The number of methoxy groups -OCH3 is 1. The monoisotopic (exact) mass is 220 g/mol. The number of carbonyl (C=O) groups excluding carboxylic acids is 1. The predicted molar refractivity (Wildman–Crippen MR) is 61.3 cm³/mol. The van der Waals surface area contributed by atoms with Gasteiger partial charge in [-0.15, -0.1) is 0 Å². The molecule has 1 heterocycles. The second-order valence-corrected chi connectivity index (χ2v) is 3.91. The van der Waals surface area contributed by atoms with Crippen LogP contribution in [0.5, 0.6) is 5.75 Å². The minimum absolute atomic E-state index is 0.106. The molecule has 4 nitrogen and oxygen atoms in total. The maximum atomic E-state index is 11.2. The number of nitrogens with one attached hydrogen (secondary N) is 1. The molecule has 0 radical (unpaired) electrons. The van der Waals surface area contributed by atoms with Crippen LogP contribution in [0.25, 0.3) is 0 Å². The van der Waals surface area contributed by atoms with Crippen molar-refractivity contribution in [3.63, 3.8) is 0 Å². The van der Waals surface area contributed by atoms with Crippen LogP contribution >= 0.6 is 0 Å². The van der Waals surface area contributed by atoms with E-state index in [1.54, 1.807) is 7.11 Å². The molecule has 1 saturated heterocycles. The lowest BCUT2D eigenvalue weighted by Gasteiger charge is -2.26. The van der Waals surface area contributed by atoms with Crippen molar-refractivity contribution in [3.05, 3.63) is 29.8 Å². The van der Waals surface area contributed by atoms with Gasteiger partial charge in [0.05, 0.1) is 13.7 Å². The number of hydrogen-bond donors (Lipinski definition) is 1. The van der Waals surface area contributed by atoms with Crippen LogP contribution in [0.1, 0.15) is 5.56 Å². The fourth-order valence-electron chi connectivity index (χ4n) is 1.86. The Morgan fingerprint density at radius 2 is 2.38 bits per heavy atom. The fraction of sp³-hybridized carbons (Fsp3) is 0.417. The summed E-state index contributed by atoms with van der Waals surface area (Å²) >= 11 is 0. The summed E-state index contributed by atoms with van der Waals surface area (Å²) in [5, 5.41) is 2.82. The summed E-state index contributed by atoms with van der Waals surface area (Å²) in [6.45, 7) is 2.92. The Morgan fingerprint density at radius 1 is 1.50 bits per heavy atom. The van der Waals surface area contributed by atoms with E-state index in [0.29, 0.717) is 6.54 Å². The van der Waals surface area contributed by atoms with E-state index >= 15 is 0 Å². The fourth-order valence-corrected chi connectivity index (χ4v) is 1.86. The number of carbonyl (C=O) groups is 1. The molecule has 1 aromatic carbocycles. The highest BCUT2D eigenvalue weighted by atomic mass is 16.5. The SMILES string of the molecule is COc1cccc(CN2CCNC(=O)C2)c1. The van der Waals surface area contributed by atoms with Crippen molar-refractivity contribution >= 4 is 5.91 Å². The van der Waals surface area contributed by atoms with E-state index < -0.39 is 0 Å². The average Bonchev–Trinajstić information content (AvgIpc) is 2.29. The average molecular weight is 220 g/mol. The van der Waals surface area contributed by atoms with Gasteiger partial charge < -0.3 is 10.1 Å². The number of rotatable bonds is 3. The molecule has 4 heteroatoms. The zero-order chi connectivity index (χ0) is 11.4. The summed E-state index contributed by atoms with van der Waals surface area (Å²) in [6.07, 6.45) is 0. The van der Waals surface area contributed by atoms with Crippen LogP contribution in [-0.2, 0) is 11.3 Å². The van der Waals surface area contributed by atoms with Gasteiger partial charge in [-0.3, -0.25) is 9.69 Å². The lowest BCUT2D eigenvalue weighted by molar-refractivity contribution is -0.124. The van der Waals surface area contributed by atoms with Gasteiger partial charge in [0.15, 0.2) is 0 Å². The standard InChI is InChI=1S/C12H16N2O2/c1-16-11-4-2-3-10(7-11)8-14-6-5-13-12(15)9-14/h2-4,7H,5-6,8-9H2,1H3,(H,13,15). The lowest BCUT2D eigenvalue weighted by Crippen LogP contribution is -2.47. The number of nitrogens with zero attached hydrogens (tertiary/aromatic N) is 1. The first-order chi connectivity index (χ1) is 7.78. The zero-order valence-corrected chi connectivity index (χ0v) is 9.40. The van der Waals surface area contributed by atoms with Gasteiger partial charge in [-0.2, -0.15) is 0 Å². The lowest BCUT2D eigenvalue weighted by atomic mass is 10.2. The molecule has 1 aliphatic rings. The summed E-state index contributed by atoms with van der Waals surface area (Å²) < 4.78 is 5.17. The van der Waals surface area contributed by atoms with E-state index in [-0.39, 0.29) is 5.91 Å². The molecule has 0 aromatic heterocycles. The molecule has 1 N–H and O–H groups in total. The van der Waals surface area contributed by atoms with Crippen molar-refractivity contribution in [2.45, 2.75) is 6.54 Å². The van der Waals surface area contributed by atoms with Crippen molar-refractivity contribution in [1.29, 1.82) is 0 Å². The Labute approximate surface area is 95.2 Å². The number of hydrogen-bond acceptors (Lipinski definition) is 3. The minimum Gasteiger partial charge on any atom is -0.497 e. The van der Waals surface area contributed by atoms with Gasteiger partial charge >= 0.3 is 0 Å². The van der Waals surface area contributed by atoms with E-state index in [1.165, 1.54) is 5.56 Å². The van der Waals surface area contributed by atoms with Crippen LogP contribution in [0.15, 0.2) is 24.3 Å². The summed E-state index contributed by atoms with van der Waals surface area (Å²) in [7, 11) is 1.66. The van der Waals surface area contributed by atoms with Crippen molar-refractivity contribution in [3.8, 4) is 5.75 Å². The normalized spacial score (nSPS) is 16.9. The highest BCUT2D eigenvalue weighted by molar-refractivity contribution is 5.78. The Bertz CT molecular complexity index is 379. The second-order valence-electron chi connectivity index (χ2n) is 3.91. The molecular formula is C12H16N2O2. The van der Waals surface area contributed by atoms with E-state index in [0.717, 1.165) is 25.4 Å².